The number of benzene rings is 2. The summed E-state index contributed by atoms with van der Waals surface area (Å²) in [5, 5.41) is 14.6. The third-order valence-corrected chi connectivity index (χ3v) is 6.51. The van der Waals surface area contributed by atoms with Gasteiger partial charge in [0.05, 0.1) is 30.4 Å². The summed E-state index contributed by atoms with van der Waals surface area (Å²) in [6.45, 7) is 5.73. The maximum absolute atomic E-state index is 13.1. The Balaban J connectivity index is 1.47. The Kier molecular flexibility index (Phi) is 7.47. The molecule has 35 heavy (non-hydrogen) atoms. The standard InChI is InChI=1S/C26H31N3O6/c1-16(2)13-22(25(32)28-9-11-35-12-10-28)27-21(26(33)34)7-8-29-23(30)19-14-17-5-3-4-6-18(17)15-20(19)24(29)31/h3-6,14-16,21-22,27H,7-13H2,1-2H3,(H,33,34). The van der Waals surface area contributed by atoms with Crippen LogP contribution in [0.15, 0.2) is 36.4 Å². The lowest BCUT2D eigenvalue weighted by Crippen LogP contribution is -2.55. The Morgan fingerprint density at radius 3 is 2.09 bits per heavy atom. The van der Waals surface area contributed by atoms with E-state index in [1.165, 1.54) is 0 Å². The van der Waals surface area contributed by atoms with Gasteiger partial charge in [-0.25, -0.2) is 0 Å². The highest BCUT2D eigenvalue weighted by molar-refractivity contribution is 6.23. The first kappa shape index (κ1) is 24.8. The highest BCUT2D eigenvalue weighted by Gasteiger charge is 2.37. The van der Waals surface area contributed by atoms with E-state index in [9.17, 15) is 24.3 Å². The van der Waals surface area contributed by atoms with Gasteiger partial charge >= 0.3 is 5.97 Å². The number of carbonyl (C=O) groups excluding carboxylic acids is 3. The third-order valence-electron chi connectivity index (χ3n) is 6.51. The van der Waals surface area contributed by atoms with E-state index in [0.29, 0.717) is 43.9 Å². The van der Waals surface area contributed by atoms with Crippen molar-refractivity contribution in [2.45, 2.75) is 38.8 Å². The van der Waals surface area contributed by atoms with Crippen LogP contribution in [0.25, 0.3) is 10.8 Å². The van der Waals surface area contributed by atoms with E-state index in [2.05, 4.69) is 5.32 Å². The summed E-state index contributed by atoms with van der Waals surface area (Å²) in [5.74, 6) is -1.97. The lowest BCUT2D eigenvalue weighted by molar-refractivity contribution is -0.142. The molecule has 0 saturated carbocycles. The van der Waals surface area contributed by atoms with Gasteiger partial charge in [0.1, 0.15) is 6.04 Å². The number of carboxylic acid groups (broad SMARTS) is 1. The Labute approximate surface area is 204 Å². The number of nitrogens with zero attached hydrogens (tertiary/aromatic N) is 2. The predicted octanol–water partition coefficient (Wildman–Crippen LogP) is 2.14. The summed E-state index contributed by atoms with van der Waals surface area (Å²) >= 11 is 0. The number of rotatable bonds is 9. The third kappa shape index (κ3) is 5.36. The minimum atomic E-state index is -1.13. The summed E-state index contributed by atoms with van der Waals surface area (Å²) in [5.41, 5.74) is 0.655. The molecule has 9 heteroatoms. The molecular weight excluding hydrogens is 450 g/mol. The lowest BCUT2D eigenvalue weighted by atomic mass is 10.0. The molecule has 2 aliphatic heterocycles. The zero-order chi connectivity index (χ0) is 25.1. The van der Waals surface area contributed by atoms with E-state index in [4.69, 9.17) is 4.74 Å². The molecule has 2 atom stereocenters. The van der Waals surface area contributed by atoms with E-state index in [-0.39, 0.29) is 24.8 Å². The van der Waals surface area contributed by atoms with Gasteiger partial charge in [-0.1, -0.05) is 38.1 Å². The molecule has 186 valence electrons. The highest BCUT2D eigenvalue weighted by Crippen LogP contribution is 2.28. The average molecular weight is 482 g/mol. The summed E-state index contributed by atoms with van der Waals surface area (Å²) in [6.07, 6.45) is 0.463. The second-order valence-corrected chi connectivity index (χ2v) is 9.47. The molecule has 2 aliphatic rings. The molecule has 4 rings (SSSR count). The van der Waals surface area contributed by atoms with Crippen molar-refractivity contribution in [3.05, 3.63) is 47.5 Å². The molecule has 2 aromatic carbocycles. The smallest absolute Gasteiger partial charge is 0.320 e. The number of ether oxygens (including phenoxy) is 1. The second kappa shape index (κ2) is 10.5. The topological polar surface area (TPSA) is 116 Å². The summed E-state index contributed by atoms with van der Waals surface area (Å²) in [4.78, 5) is 53.9. The van der Waals surface area contributed by atoms with Crippen molar-refractivity contribution in [2.75, 3.05) is 32.8 Å². The Bertz CT molecular complexity index is 1090. The number of morpholine rings is 1. The molecule has 2 N–H and O–H groups in total. The van der Waals surface area contributed by atoms with Crippen molar-refractivity contribution in [1.29, 1.82) is 0 Å². The summed E-state index contributed by atoms with van der Waals surface area (Å²) < 4.78 is 5.32. The van der Waals surface area contributed by atoms with Crippen LogP contribution in [0.1, 0.15) is 47.4 Å². The molecule has 0 aromatic heterocycles. The van der Waals surface area contributed by atoms with Crippen LogP contribution in [0.3, 0.4) is 0 Å². The fraction of sp³-hybridized carbons (Fsp3) is 0.462. The fourth-order valence-corrected chi connectivity index (χ4v) is 4.68. The Hall–Kier alpha value is -3.30. The van der Waals surface area contributed by atoms with E-state index in [1.807, 2.05) is 38.1 Å². The summed E-state index contributed by atoms with van der Waals surface area (Å²) in [6, 6.07) is 9.12. The largest absolute Gasteiger partial charge is 0.480 e. The van der Waals surface area contributed by atoms with E-state index in [0.717, 1.165) is 15.7 Å². The fourth-order valence-electron chi connectivity index (χ4n) is 4.68. The molecule has 3 amide bonds. The molecule has 0 bridgehead atoms. The van der Waals surface area contributed by atoms with Crippen molar-refractivity contribution in [2.24, 2.45) is 5.92 Å². The zero-order valence-electron chi connectivity index (χ0n) is 20.0. The van der Waals surface area contributed by atoms with Gasteiger partial charge in [-0.2, -0.15) is 0 Å². The molecule has 2 aromatic rings. The number of hydrogen-bond donors (Lipinski definition) is 2. The first-order valence-electron chi connectivity index (χ1n) is 12.0. The Morgan fingerprint density at radius 2 is 1.57 bits per heavy atom. The van der Waals surface area contributed by atoms with Crippen LogP contribution in [-0.4, -0.2) is 83.5 Å². The van der Waals surface area contributed by atoms with Crippen LogP contribution >= 0.6 is 0 Å². The number of amides is 3. The number of carbonyl (C=O) groups is 4. The van der Waals surface area contributed by atoms with E-state index in [1.54, 1.807) is 17.0 Å². The molecule has 0 spiro atoms. The van der Waals surface area contributed by atoms with Crippen LogP contribution in [0.4, 0.5) is 0 Å². The number of hydrogen-bond acceptors (Lipinski definition) is 6. The van der Waals surface area contributed by atoms with Crippen LogP contribution in [0, 0.1) is 5.92 Å². The Morgan fingerprint density at radius 1 is 1.00 bits per heavy atom. The highest BCUT2D eigenvalue weighted by atomic mass is 16.5. The monoisotopic (exact) mass is 481 g/mol. The minimum absolute atomic E-state index is 0.00862. The van der Waals surface area contributed by atoms with Gasteiger partial charge < -0.3 is 14.7 Å². The van der Waals surface area contributed by atoms with E-state index < -0.39 is 29.9 Å². The van der Waals surface area contributed by atoms with Crippen LogP contribution in [0.5, 0.6) is 0 Å². The average Bonchev–Trinajstić information content (AvgIpc) is 3.08. The molecule has 2 heterocycles. The molecule has 1 fully saturated rings. The molecule has 9 nitrogen and oxygen atoms in total. The van der Waals surface area contributed by atoms with Gasteiger partial charge in [0.25, 0.3) is 11.8 Å². The molecule has 2 unspecified atom stereocenters. The normalized spacial score (nSPS) is 17.7. The second-order valence-electron chi connectivity index (χ2n) is 9.47. The predicted molar refractivity (Wildman–Crippen MR) is 129 cm³/mol. The summed E-state index contributed by atoms with van der Waals surface area (Å²) in [7, 11) is 0. The quantitative estimate of drug-likeness (QED) is 0.527. The minimum Gasteiger partial charge on any atom is -0.480 e. The van der Waals surface area contributed by atoms with Gasteiger partial charge in [0.2, 0.25) is 5.91 Å². The number of nitrogens with one attached hydrogen (secondary N) is 1. The number of fused-ring (bicyclic) bond motifs is 2. The van der Waals surface area contributed by atoms with Gasteiger partial charge in [-0.3, -0.25) is 29.4 Å². The zero-order valence-corrected chi connectivity index (χ0v) is 20.0. The van der Waals surface area contributed by atoms with Crippen molar-refractivity contribution in [3.8, 4) is 0 Å². The first-order chi connectivity index (χ1) is 16.8. The maximum Gasteiger partial charge on any atom is 0.320 e. The first-order valence-corrected chi connectivity index (χ1v) is 12.0. The van der Waals surface area contributed by atoms with Crippen LogP contribution in [0.2, 0.25) is 0 Å². The molecule has 1 saturated heterocycles. The van der Waals surface area contributed by atoms with Crippen molar-refractivity contribution >= 4 is 34.5 Å². The molecule has 0 radical (unpaired) electrons. The van der Waals surface area contributed by atoms with Gasteiger partial charge in [-0.05, 0) is 41.7 Å². The molecule has 0 aliphatic carbocycles. The number of imide groups is 1. The van der Waals surface area contributed by atoms with Crippen LogP contribution < -0.4 is 5.32 Å². The number of carboxylic acids is 1. The number of aliphatic carboxylic acids is 1. The van der Waals surface area contributed by atoms with Gasteiger partial charge in [-0.15, -0.1) is 0 Å². The maximum atomic E-state index is 13.1. The lowest BCUT2D eigenvalue weighted by Gasteiger charge is -2.32. The SMILES string of the molecule is CC(C)CC(NC(CCN1C(=O)c2cc3ccccc3cc2C1=O)C(=O)O)C(=O)N1CCOCC1. The van der Waals surface area contributed by atoms with E-state index >= 15 is 0 Å². The molecular formula is C26H31N3O6. The van der Waals surface area contributed by atoms with Gasteiger partial charge in [0, 0.05) is 19.6 Å². The van der Waals surface area contributed by atoms with Gasteiger partial charge in [0.15, 0.2) is 0 Å². The van der Waals surface area contributed by atoms with Crippen molar-refractivity contribution in [3.63, 3.8) is 0 Å². The van der Waals surface area contributed by atoms with Crippen molar-refractivity contribution < 1.29 is 29.0 Å². The van der Waals surface area contributed by atoms with Crippen LogP contribution in [-0.2, 0) is 14.3 Å². The van der Waals surface area contributed by atoms with Crippen molar-refractivity contribution in [1.82, 2.24) is 15.1 Å².